The molecule has 0 aromatic heterocycles. The van der Waals surface area contributed by atoms with Gasteiger partial charge in [0, 0.05) is 18.2 Å². The first-order valence-electron chi connectivity index (χ1n) is 3.81. The van der Waals surface area contributed by atoms with Gasteiger partial charge in [-0.25, -0.2) is 0 Å². The van der Waals surface area contributed by atoms with Gasteiger partial charge in [0.25, 0.3) is 0 Å². The van der Waals surface area contributed by atoms with E-state index in [0.717, 1.165) is 0 Å². The van der Waals surface area contributed by atoms with Crippen molar-refractivity contribution in [3.63, 3.8) is 0 Å². The fraction of sp³-hybridized carbons (Fsp3) is 0.500. The van der Waals surface area contributed by atoms with Crippen LogP contribution in [0.3, 0.4) is 0 Å². The minimum Gasteiger partial charge on any atom is -0.306 e. The fourth-order valence-corrected chi connectivity index (χ4v) is 1.78. The molecule has 1 aliphatic carbocycles. The zero-order chi connectivity index (χ0) is 6.60. The molecule has 1 N–H and O–H groups in total. The molecule has 2 heterocycles. The fourth-order valence-electron chi connectivity index (χ4n) is 1.78. The first-order valence-corrected chi connectivity index (χ1v) is 3.81. The smallest absolute Gasteiger partial charge is 0.0553 e. The minimum atomic E-state index is 0.590. The molecule has 52 valence electrons. The molecular weight excluding hydrogens is 124 g/mol. The van der Waals surface area contributed by atoms with Crippen molar-refractivity contribution in [2.24, 2.45) is 5.41 Å². The lowest BCUT2D eigenvalue weighted by molar-refractivity contribution is 0.305. The van der Waals surface area contributed by atoms with Crippen molar-refractivity contribution in [2.75, 3.05) is 6.54 Å². The summed E-state index contributed by atoms with van der Waals surface area (Å²) in [6.45, 7) is 1.19. The maximum atomic E-state index is 3.20. The zero-order valence-corrected chi connectivity index (χ0v) is 5.80. The summed E-state index contributed by atoms with van der Waals surface area (Å²) >= 11 is 0. The van der Waals surface area contributed by atoms with Crippen LogP contribution < -0.4 is 5.43 Å². The van der Waals surface area contributed by atoms with Crippen molar-refractivity contribution in [3.8, 4) is 0 Å². The molecule has 3 rings (SSSR count). The van der Waals surface area contributed by atoms with Gasteiger partial charge >= 0.3 is 0 Å². The summed E-state index contributed by atoms with van der Waals surface area (Å²) in [4.78, 5) is 0. The van der Waals surface area contributed by atoms with Crippen LogP contribution in [-0.2, 0) is 0 Å². The van der Waals surface area contributed by atoms with Crippen molar-refractivity contribution in [1.29, 1.82) is 0 Å². The summed E-state index contributed by atoms with van der Waals surface area (Å²) < 4.78 is 0. The second-order valence-electron chi connectivity index (χ2n) is 3.48. The highest BCUT2D eigenvalue weighted by molar-refractivity contribution is 5.32. The van der Waals surface area contributed by atoms with Crippen LogP contribution in [0.2, 0.25) is 0 Å². The second kappa shape index (κ2) is 1.24. The van der Waals surface area contributed by atoms with Crippen LogP contribution in [0.1, 0.15) is 12.8 Å². The third-order valence-electron chi connectivity index (χ3n) is 2.62. The molecule has 1 fully saturated rings. The van der Waals surface area contributed by atoms with E-state index in [9.17, 15) is 0 Å². The Labute approximate surface area is 60.2 Å². The van der Waals surface area contributed by atoms with Crippen molar-refractivity contribution in [3.05, 3.63) is 24.0 Å². The van der Waals surface area contributed by atoms with Gasteiger partial charge < -0.3 is 5.43 Å². The van der Waals surface area contributed by atoms with E-state index in [2.05, 4.69) is 22.6 Å². The van der Waals surface area contributed by atoms with E-state index in [-0.39, 0.29) is 0 Å². The van der Waals surface area contributed by atoms with Gasteiger partial charge in [-0.15, -0.1) is 0 Å². The van der Waals surface area contributed by atoms with Crippen LogP contribution in [-0.4, -0.2) is 11.6 Å². The Balaban J connectivity index is 2.02. The molecule has 0 unspecified atom stereocenters. The number of hydrazine groups is 1. The molecule has 2 heteroatoms. The highest BCUT2D eigenvalue weighted by atomic mass is 15.5. The molecular formula is C8H10N2. The molecule has 1 saturated carbocycles. The summed E-state index contributed by atoms with van der Waals surface area (Å²) in [6, 6.07) is 0. The van der Waals surface area contributed by atoms with Crippen LogP contribution in [0.15, 0.2) is 24.0 Å². The van der Waals surface area contributed by atoms with E-state index in [0.29, 0.717) is 5.41 Å². The molecule has 0 aromatic carbocycles. The molecule has 0 saturated heterocycles. The minimum absolute atomic E-state index is 0.590. The Morgan fingerprint density at radius 2 is 2.40 bits per heavy atom. The number of nitrogens with one attached hydrogen (secondary N) is 1. The van der Waals surface area contributed by atoms with Gasteiger partial charge in [0.05, 0.1) is 5.70 Å². The van der Waals surface area contributed by atoms with Crippen molar-refractivity contribution < 1.29 is 0 Å². The molecule has 2 aliphatic heterocycles. The lowest BCUT2D eigenvalue weighted by Gasteiger charge is -2.15. The van der Waals surface area contributed by atoms with Crippen LogP contribution in [0, 0.1) is 5.41 Å². The normalized spacial score (nSPS) is 30.4. The predicted molar refractivity (Wildman–Crippen MR) is 38.7 cm³/mol. The van der Waals surface area contributed by atoms with Gasteiger partial charge in [-0.05, 0) is 18.9 Å². The van der Waals surface area contributed by atoms with Crippen molar-refractivity contribution in [1.82, 2.24) is 10.4 Å². The number of hydrogen-bond donors (Lipinski definition) is 1. The van der Waals surface area contributed by atoms with Crippen LogP contribution in [0.25, 0.3) is 0 Å². The summed E-state index contributed by atoms with van der Waals surface area (Å²) in [6.07, 6.45) is 9.34. The van der Waals surface area contributed by atoms with E-state index in [1.54, 1.807) is 0 Å². The Hall–Kier alpha value is -0.920. The van der Waals surface area contributed by atoms with E-state index in [1.807, 2.05) is 6.20 Å². The van der Waals surface area contributed by atoms with E-state index >= 15 is 0 Å². The molecule has 0 bridgehead atoms. The third kappa shape index (κ3) is 0.451. The van der Waals surface area contributed by atoms with Crippen molar-refractivity contribution in [2.45, 2.75) is 12.8 Å². The molecule has 0 amide bonds. The molecule has 1 spiro atoms. The summed E-state index contributed by atoms with van der Waals surface area (Å²) in [5.41, 5.74) is 5.16. The lowest BCUT2D eigenvalue weighted by Crippen LogP contribution is -2.28. The predicted octanol–water partition coefficient (Wildman–Crippen LogP) is 0.998. The highest BCUT2D eigenvalue weighted by Crippen LogP contribution is 2.52. The SMILES string of the molecule is C1=CC2=CC3(CC3)CN2N1. The van der Waals surface area contributed by atoms with Gasteiger partial charge in [0.2, 0.25) is 0 Å². The Bertz CT molecular complexity index is 236. The molecule has 0 atom stereocenters. The Morgan fingerprint density at radius 1 is 1.50 bits per heavy atom. The van der Waals surface area contributed by atoms with Gasteiger partial charge in [-0.2, -0.15) is 0 Å². The number of nitrogens with zero attached hydrogens (tertiary/aromatic N) is 1. The van der Waals surface area contributed by atoms with E-state index in [4.69, 9.17) is 0 Å². The average Bonchev–Trinajstić information content (AvgIpc) is 2.28. The quantitative estimate of drug-likeness (QED) is 0.531. The number of fused-ring (bicyclic) bond motifs is 1. The highest BCUT2D eigenvalue weighted by Gasteiger charge is 2.47. The van der Waals surface area contributed by atoms with Gasteiger partial charge in [-0.3, -0.25) is 5.01 Å². The standard InChI is InChI=1S/C8H10N2/c1-4-9-10-6-8(2-3-8)5-7(1)10/h1,4-5,9H,2-3,6H2. The maximum Gasteiger partial charge on any atom is 0.0553 e. The van der Waals surface area contributed by atoms with Crippen molar-refractivity contribution >= 4 is 0 Å². The zero-order valence-electron chi connectivity index (χ0n) is 5.80. The van der Waals surface area contributed by atoms with Crippen LogP contribution in [0.5, 0.6) is 0 Å². The first-order chi connectivity index (χ1) is 4.88. The molecule has 0 radical (unpaired) electrons. The number of allylic oxidation sites excluding steroid dienone is 1. The molecule has 3 aliphatic rings. The van der Waals surface area contributed by atoms with Gasteiger partial charge in [0.15, 0.2) is 0 Å². The third-order valence-corrected chi connectivity index (χ3v) is 2.62. The van der Waals surface area contributed by atoms with Crippen LogP contribution >= 0.6 is 0 Å². The summed E-state index contributed by atoms with van der Waals surface area (Å²) in [5, 5.41) is 2.23. The van der Waals surface area contributed by atoms with E-state index in [1.165, 1.54) is 25.1 Å². The first kappa shape index (κ1) is 4.83. The van der Waals surface area contributed by atoms with E-state index < -0.39 is 0 Å². The second-order valence-corrected chi connectivity index (χ2v) is 3.48. The average molecular weight is 134 g/mol. The Kier molecular flexibility index (Phi) is 0.598. The monoisotopic (exact) mass is 134 g/mol. The number of rotatable bonds is 0. The molecule has 10 heavy (non-hydrogen) atoms. The Morgan fingerprint density at radius 3 is 3.10 bits per heavy atom. The largest absolute Gasteiger partial charge is 0.306 e. The van der Waals surface area contributed by atoms with Gasteiger partial charge in [-0.1, -0.05) is 6.08 Å². The van der Waals surface area contributed by atoms with Gasteiger partial charge in [0.1, 0.15) is 0 Å². The topological polar surface area (TPSA) is 15.3 Å². The maximum absolute atomic E-state index is 3.20. The summed E-state index contributed by atoms with van der Waals surface area (Å²) in [7, 11) is 0. The number of hydrogen-bond acceptors (Lipinski definition) is 2. The molecule has 2 nitrogen and oxygen atoms in total. The van der Waals surface area contributed by atoms with Crippen LogP contribution in [0.4, 0.5) is 0 Å². The lowest BCUT2D eigenvalue weighted by atomic mass is 10.1. The molecule has 0 aromatic rings. The summed E-state index contributed by atoms with van der Waals surface area (Å²) in [5.74, 6) is 0.